The molecule has 1 aliphatic rings. The summed E-state index contributed by atoms with van der Waals surface area (Å²) in [5, 5.41) is -0.283. The second-order valence-corrected chi connectivity index (χ2v) is 8.08. The van der Waals surface area contributed by atoms with Crippen LogP contribution in [0.25, 0.3) is 0 Å². The van der Waals surface area contributed by atoms with Gasteiger partial charge in [0.15, 0.2) is 0 Å². The van der Waals surface area contributed by atoms with Crippen LogP contribution < -0.4 is 0 Å². The molecule has 0 unspecified atom stereocenters. The van der Waals surface area contributed by atoms with Gasteiger partial charge in [0, 0.05) is 16.8 Å². The van der Waals surface area contributed by atoms with Gasteiger partial charge in [-0.15, -0.1) is 0 Å². The molecule has 0 saturated carbocycles. The molecule has 0 aromatic rings. The van der Waals surface area contributed by atoms with Gasteiger partial charge in [0.05, 0.1) is 0 Å². The quantitative estimate of drug-likeness (QED) is 0.463. The van der Waals surface area contributed by atoms with Crippen LogP contribution in [0.4, 0.5) is 0 Å². The minimum atomic E-state index is -0.158. The van der Waals surface area contributed by atoms with Gasteiger partial charge in [0.2, 0.25) is 0 Å². The van der Waals surface area contributed by atoms with Crippen molar-refractivity contribution in [3.63, 3.8) is 0 Å². The lowest BCUT2D eigenvalue weighted by molar-refractivity contribution is -0.127. The van der Waals surface area contributed by atoms with Gasteiger partial charge in [-0.1, -0.05) is 13.8 Å². The fourth-order valence-corrected chi connectivity index (χ4v) is 3.73. The van der Waals surface area contributed by atoms with E-state index in [0.29, 0.717) is 6.04 Å². The summed E-state index contributed by atoms with van der Waals surface area (Å²) in [6.45, 7) is 4.60. The molecule has 0 atom stereocenters. The first-order chi connectivity index (χ1) is 8.35. The van der Waals surface area contributed by atoms with Gasteiger partial charge in [0.25, 0.3) is 0 Å². The smallest absolute Gasteiger partial charge is 0.132 e. The average Bonchev–Trinajstić information content (AvgIpc) is 2.21. The Morgan fingerprint density at radius 2 is 1.11 bits per heavy atom. The van der Waals surface area contributed by atoms with Crippen molar-refractivity contribution >= 4 is 62.8 Å². The first kappa shape index (κ1) is 17.5. The number of rotatable bonds is 3. The molecule has 0 radical (unpaired) electrons. The van der Waals surface area contributed by atoms with Crippen LogP contribution in [0.2, 0.25) is 0 Å². The molecular formula is C9H27B8NO. The standard InChI is InChI=1S/C9H27B8NO/c1-3-5(4-2)18-6(10,11)8(14,15)19-9(16,17)7(18,12)13/h5H,3-4,10-17H2,1-2H3. The first-order valence-corrected chi connectivity index (χ1v) is 7.84. The normalized spacial score (nSPS) is 28.2. The predicted octanol–water partition coefficient (Wildman–Crippen LogP) is -6.81. The molecule has 0 bridgehead atoms. The van der Waals surface area contributed by atoms with Crippen LogP contribution in [-0.4, -0.2) is 95.2 Å². The zero-order chi connectivity index (χ0) is 15.3. The largest absolute Gasteiger partial charge is 0.403 e. The van der Waals surface area contributed by atoms with Crippen molar-refractivity contribution in [2.45, 2.75) is 54.2 Å². The van der Waals surface area contributed by atoms with Gasteiger partial charge < -0.3 is 9.64 Å². The summed E-state index contributed by atoms with van der Waals surface area (Å²) in [7, 11) is 18.3. The molecule has 0 aromatic carbocycles. The highest BCUT2D eigenvalue weighted by atomic mass is 16.5. The Labute approximate surface area is 127 Å². The van der Waals surface area contributed by atoms with Crippen LogP contribution in [0.15, 0.2) is 0 Å². The van der Waals surface area contributed by atoms with Crippen molar-refractivity contribution < 1.29 is 4.74 Å². The van der Waals surface area contributed by atoms with Gasteiger partial charge in [0.1, 0.15) is 62.8 Å². The monoisotopic (exact) mass is 253 g/mol. The molecule has 1 saturated heterocycles. The Morgan fingerprint density at radius 3 is 1.37 bits per heavy atom. The van der Waals surface area contributed by atoms with E-state index in [4.69, 9.17) is 4.74 Å². The summed E-state index contributed by atoms with van der Waals surface area (Å²) in [5.41, 5.74) is 0. The SMILES string of the molecule is BC1(B)OC(B)(B)C(B)(B)N(C(CC)CC)C1(B)B. The third kappa shape index (κ3) is 2.52. The highest BCUT2D eigenvalue weighted by molar-refractivity contribution is 6.59. The third-order valence-electron chi connectivity index (χ3n) is 5.97. The number of hydrogen-bond acceptors (Lipinski definition) is 2. The average molecular weight is 252 g/mol. The Morgan fingerprint density at radius 1 is 0.789 bits per heavy atom. The maximum absolute atomic E-state index is 6.52. The van der Waals surface area contributed by atoms with Crippen LogP contribution in [0.3, 0.4) is 0 Å². The van der Waals surface area contributed by atoms with Crippen molar-refractivity contribution in [1.82, 2.24) is 4.90 Å². The van der Waals surface area contributed by atoms with E-state index < -0.39 is 0 Å². The summed E-state index contributed by atoms with van der Waals surface area (Å²) >= 11 is 0. The number of hydrogen-bond donors (Lipinski definition) is 0. The van der Waals surface area contributed by atoms with E-state index in [-0.39, 0.29) is 21.5 Å². The van der Waals surface area contributed by atoms with Crippen molar-refractivity contribution in [2.24, 2.45) is 0 Å². The summed E-state index contributed by atoms with van der Waals surface area (Å²) in [5.74, 6) is 0. The molecule has 1 fully saturated rings. The molecule has 10 heteroatoms. The van der Waals surface area contributed by atoms with Crippen molar-refractivity contribution in [1.29, 1.82) is 0 Å². The zero-order valence-electron chi connectivity index (χ0n) is 14.8. The predicted molar refractivity (Wildman–Crippen MR) is 107 cm³/mol. The molecule has 1 rings (SSSR count). The van der Waals surface area contributed by atoms with Crippen LogP contribution >= 0.6 is 0 Å². The lowest BCUT2D eigenvalue weighted by Gasteiger charge is -2.70. The molecule has 1 aliphatic heterocycles. The van der Waals surface area contributed by atoms with E-state index in [2.05, 4.69) is 81.5 Å². The first-order valence-electron chi connectivity index (χ1n) is 7.84. The molecule has 19 heavy (non-hydrogen) atoms. The van der Waals surface area contributed by atoms with Crippen LogP contribution in [0.5, 0.6) is 0 Å². The molecule has 1 heterocycles. The highest BCUT2D eigenvalue weighted by Gasteiger charge is 2.59. The molecule has 0 amide bonds. The van der Waals surface area contributed by atoms with E-state index in [1.807, 2.05) is 0 Å². The van der Waals surface area contributed by atoms with E-state index >= 15 is 0 Å². The summed E-state index contributed by atoms with van der Waals surface area (Å²) in [4.78, 5) is 2.73. The number of ether oxygens (including phenoxy) is 1. The molecule has 0 aliphatic carbocycles. The topological polar surface area (TPSA) is 12.5 Å². The van der Waals surface area contributed by atoms with Crippen molar-refractivity contribution in [3.05, 3.63) is 0 Å². The summed E-state index contributed by atoms with van der Waals surface area (Å²) in [6, 6.07) is 0.604. The second-order valence-electron chi connectivity index (χ2n) is 8.08. The minimum absolute atomic E-state index is 0.0166. The van der Waals surface area contributed by atoms with Crippen LogP contribution in [0.1, 0.15) is 26.7 Å². The lowest BCUT2D eigenvalue weighted by Crippen LogP contribution is -2.87. The summed E-state index contributed by atoms with van der Waals surface area (Å²) in [6.07, 6.45) is 2.38. The van der Waals surface area contributed by atoms with E-state index in [1.165, 1.54) is 12.8 Å². The van der Waals surface area contributed by atoms with Crippen LogP contribution in [0, 0.1) is 0 Å². The molecule has 0 spiro atoms. The van der Waals surface area contributed by atoms with E-state index in [9.17, 15) is 0 Å². The van der Waals surface area contributed by atoms with Crippen LogP contribution in [-0.2, 0) is 4.74 Å². The maximum atomic E-state index is 6.52. The van der Waals surface area contributed by atoms with Gasteiger partial charge in [-0.05, 0) is 23.5 Å². The van der Waals surface area contributed by atoms with Crippen molar-refractivity contribution in [3.8, 4) is 0 Å². The lowest BCUT2D eigenvalue weighted by atomic mass is 9.30. The molecule has 0 aromatic heterocycles. The number of nitrogens with zero attached hydrogens (tertiary/aromatic N) is 1. The Balaban J connectivity index is 3.40. The third-order valence-corrected chi connectivity index (χ3v) is 5.97. The Kier molecular flexibility index (Phi) is 4.62. The Hall–Kier alpha value is 0.439. The van der Waals surface area contributed by atoms with Crippen molar-refractivity contribution in [2.75, 3.05) is 0 Å². The fraction of sp³-hybridized carbons (Fsp3) is 1.00. The second kappa shape index (κ2) is 5.02. The zero-order valence-corrected chi connectivity index (χ0v) is 14.8. The van der Waals surface area contributed by atoms with Gasteiger partial charge in [-0.2, -0.15) is 0 Å². The minimum Gasteiger partial charge on any atom is -0.403 e. The Bertz CT molecular complexity index is 315. The van der Waals surface area contributed by atoms with Gasteiger partial charge >= 0.3 is 0 Å². The van der Waals surface area contributed by atoms with Gasteiger partial charge in [-0.25, -0.2) is 0 Å². The highest BCUT2D eigenvalue weighted by Crippen LogP contribution is 2.42. The molecular weight excluding hydrogens is 225 g/mol. The molecule has 2 nitrogen and oxygen atoms in total. The van der Waals surface area contributed by atoms with E-state index in [0.717, 1.165) is 0 Å². The summed E-state index contributed by atoms with van der Waals surface area (Å²) < 4.78 is 6.52. The fourth-order valence-electron chi connectivity index (χ4n) is 3.73. The van der Waals surface area contributed by atoms with Gasteiger partial charge in [-0.3, -0.25) is 0 Å². The maximum Gasteiger partial charge on any atom is 0.132 e. The number of morpholine rings is 1. The van der Waals surface area contributed by atoms with E-state index in [1.54, 1.807) is 0 Å². The molecule has 0 N–H and O–H groups in total. The molecule has 98 valence electrons.